The minimum absolute atomic E-state index is 0.0311. The van der Waals surface area contributed by atoms with Crippen LogP contribution in [-0.4, -0.2) is 108 Å². The number of nitrogens with zero attached hydrogens (tertiary/aromatic N) is 5. The maximum absolute atomic E-state index is 13.0. The van der Waals surface area contributed by atoms with Crippen molar-refractivity contribution in [3.8, 4) is 0 Å². The average molecular weight is 420 g/mol. The van der Waals surface area contributed by atoms with E-state index in [0.717, 1.165) is 39.3 Å². The van der Waals surface area contributed by atoms with Gasteiger partial charge >= 0.3 is 0 Å². The maximum Gasteiger partial charge on any atom is 0.274 e. The van der Waals surface area contributed by atoms with E-state index in [0.29, 0.717) is 38.3 Å². The molecular weight excluding hydrogens is 386 g/mol. The lowest BCUT2D eigenvalue weighted by atomic mass is 10.2. The van der Waals surface area contributed by atoms with E-state index in [-0.39, 0.29) is 24.0 Å². The van der Waals surface area contributed by atoms with E-state index >= 15 is 0 Å². The number of hydrogen-bond donors (Lipinski definition) is 0. The Hall–Kier alpha value is -2.10. The molecule has 9 nitrogen and oxygen atoms in total. The van der Waals surface area contributed by atoms with E-state index in [9.17, 15) is 9.59 Å². The molecule has 0 aliphatic carbocycles. The largest absolute Gasteiger partial charge is 0.379 e. The summed E-state index contributed by atoms with van der Waals surface area (Å²) in [6.07, 6.45) is 5.73. The third-order valence-corrected chi connectivity index (χ3v) is 5.44. The first kappa shape index (κ1) is 22.6. The van der Waals surface area contributed by atoms with E-state index in [1.807, 2.05) is 18.7 Å². The lowest BCUT2D eigenvalue weighted by molar-refractivity contribution is -0.143. The predicted molar refractivity (Wildman–Crippen MR) is 111 cm³/mol. The van der Waals surface area contributed by atoms with Crippen LogP contribution in [0.15, 0.2) is 18.6 Å². The number of aromatic nitrogens is 2. The Labute approximate surface area is 178 Å². The van der Waals surface area contributed by atoms with Gasteiger partial charge in [0.1, 0.15) is 5.69 Å². The van der Waals surface area contributed by atoms with Crippen LogP contribution in [0, 0.1) is 0 Å². The monoisotopic (exact) mass is 419 g/mol. The number of hydrogen-bond acceptors (Lipinski definition) is 7. The van der Waals surface area contributed by atoms with Gasteiger partial charge in [0.05, 0.1) is 31.6 Å². The number of amides is 2. The SMILES string of the molecule is CC1CN(C(=O)CCN(CCCN2CCOCC2)C(=O)c2cnccn2)CC(C)O1. The van der Waals surface area contributed by atoms with Gasteiger partial charge in [-0.1, -0.05) is 0 Å². The van der Waals surface area contributed by atoms with Gasteiger partial charge in [0.25, 0.3) is 5.91 Å². The molecule has 2 aliphatic heterocycles. The van der Waals surface area contributed by atoms with Crippen LogP contribution in [0.5, 0.6) is 0 Å². The summed E-state index contributed by atoms with van der Waals surface area (Å²) in [4.78, 5) is 39.8. The van der Waals surface area contributed by atoms with E-state index in [2.05, 4.69) is 14.9 Å². The van der Waals surface area contributed by atoms with Crippen molar-refractivity contribution in [2.24, 2.45) is 0 Å². The van der Waals surface area contributed by atoms with Gasteiger partial charge < -0.3 is 19.3 Å². The lowest BCUT2D eigenvalue weighted by Crippen LogP contribution is -2.49. The van der Waals surface area contributed by atoms with E-state index in [1.54, 1.807) is 11.1 Å². The van der Waals surface area contributed by atoms with Crippen molar-refractivity contribution >= 4 is 11.8 Å². The van der Waals surface area contributed by atoms with Gasteiger partial charge in [-0.05, 0) is 20.3 Å². The highest BCUT2D eigenvalue weighted by atomic mass is 16.5. The topological polar surface area (TPSA) is 88.1 Å². The summed E-state index contributed by atoms with van der Waals surface area (Å²) < 4.78 is 11.1. The molecule has 0 N–H and O–H groups in total. The van der Waals surface area contributed by atoms with Crippen LogP contribution in [0.2, 0.25) is 0 Å². The Kier molecular flexibility index (Phi) is 8.53. The lowest BCUT2D eigenvalue weighted by Gasteiger charge is -2.35. The minimum Gasteiger partial charge on any atom is -0.379 e. The zero-order valence-electron chi connectivity index (χ0n) is 18.0. The molecule has 2 atom stereocenters. The molecule has 9 heteroatoms. The smallest absolute Gasteiger partial charge is 0.274 e. The fourth-order valence-electron chi connectivity index (χ4n) is 3.97. The van der Waals surface area contributed by atoms with Gasteiger partial charge in [0.2, 0.25) is 5.91 Å². The molecule has 0 aromatic carbocycles. The molecular formula is C21H33N5O4. The van der Waals surface area contributed by atoms with Crippen molar-refractivity contribution in [2.45, 2.75) is 38.9 Å². The number of carbonyl (C=O) groups excluding carboxylic acids is 2. The maximum atomic E-state index is 13.0. The van der Waals surface area contributed by atoms with Gasteiger partial charge in [-0.15, -0.1) is 0 Å². The Morgan fingerprint density at radius 1 is 1.13 bits per heavy atom. The molecule has 0 spiro atoms. The van der Waals surface area contributed by atoms with Crippen molar-refractivity contribution in [3.05, 3.63) is 24.3 Å². The second-order valence-electron chi connectivity index (χ2n) is 8.00. The van der Waals surface area contributed by atoms with Crippen molar-refractivity contribution in [1.29, 1.82) is 0 Å². The van der Waals surface area contributed by atoms with Crippen LogP contribution in [0.3, 0.4) is 0 Å². The zero-order chi connectivity index (χ0) is 21.3. The third kappa shape index (κ3) is 6.72. The number of morpholine rings is 2. The van der Waals surface area contributed by atoms with E-state index in [1.165, 1.54) is 12.4 Å². The van der Waals surface area contributed by atoms with Crippen molar-refractivity contribution in [1.82, 2.24) is 24.7 Å². The normalized spacial score (nSPS) is 22.7. The summed E-state index contributed by atoms with van der Waals surface area (Å²) >= 11 is 0. The van der Waals surface area contributed by atoms with Crippen molar-refractivity contribution in [2.75, 3.05) is 59.0 Å². The number of carbonyl (C=O) groups is 2. The zero-order valence-corrected chi connectivity index (χ0v) is 18.0. The first-order valence-electron chi connectivity index (χ1n) is 10.8. The summed E-state index contributed by atoms with van der Waals surface area (Å²) in [6.45, 7) is 10.4. The number of rotatable bonds is 8. The van der Waals surface area contributed by atoms with Crippen LogP contribution in [-0.2, 0) is 14.3 Å². The molecule has 1 aromatic rings. The van der Waals surface area contributed by atoms with Gasteiger partial charge in [-0.3, -0.25) is 19.5 Å². The summed E-state index contributed by atoms with van der Waals surface area (Å²) in [5.74, 6) is -0.122. The molecule has 2 fully saturated rings. The fraction of sp³-hybridized carbons (Fsp3) is 0.714. The Morgan fingerprint density at radius 2 is 1.87 bits per heavy atom. The summed E-state index contributed by atoms with van der Waals surface area (Å²) in [5.41, 5.74) is 0.310. The molecule has 166 valence electrons. The molecule has 0 bridgehead atoms. The summed E-state index contributed by atoms with van der Waals surface area (Å²) in [6, 6.07) is 0. The Morgan fingerprint density at radius 3 is 2.53 bits per heavy atom. The Balaban J connectivity index is 1.55. The fourth-order valence-corrected chi connectivity index (χ4v) is 3.97. The quantitative estimate of drug-likeness (QED) is 0.612. The molecule has 3 rings (SSSR count). The predicted octanol–water partition coefficient (Wildman–Crippen LogP) is 0.667. The third-order valence-electron chi connectivity index (χ3n) is 5.44. The van der Waals surface area contributed by atoms with E-state index in [4.69, 9.17) is 9.47 Å². The van der Waals surface area contributed by atoms with Crippen LogP contribution in [0.4, 0.5) is 0 Å². The van der Waals surface area contributed by atoms with Crippen molar-refractivity contribution in [3.63, 3.8) is 0 Å². The van der Waals surface area contributed by atoms with Gasteiger partial charge in [0, 0.05) is 64.6 Å². The first-order valence-corrected chi connectivity index (χ1v) is 10.8. The second kappa shape index (κ2) is 11.3. The Bertz CT molecular complexity index is 673. The van der Waals surface area contributed by atoms with Gasteiger partial charge in [0.15, 0.2) is 0 Å². The molecule has 3 heterocycles. The van der Waals surface area contributed by atoms with Crippen molar-refractivity contribution < 1.29 is 19.1 Å². The van der Waals surface area contributed by atoms with Crippen LogP contribution < -0.4 is 0 Å². The minimum atomic E-state index is -0.179. The van der Waals surface area contributed by atoms with Crippen LogP contribution >= 0.6 is 0 Å². The molecule has 1 aromatic heterocycles. The summed E-state index contributed by atoms with van der Waals surface area (Å²) in [7, 11) is 0. The highest BCUT2D eigenvalue weighted by Crippen LogP contribution is 2.13. The molecule has 2 amide bonds. The average Bonchev–Trinajstić information content (AvgIpc) is 2.76. The van der Waals surface area contributed by atoms with Crippen LogP contribution in [0.25, 0.3) is 0 Å². The highest BCUT2D eigenvalue weighted by Gasteiger charge is 2.27. The van der Waals surface area contributed by atoms with Gasteiger partial charge in [-0.25, -0.2) is 4.98 Å². The molecule has 30 heavy (non-hydrogen) atoms. The second-order valence-corrected chi connectivity index (χ2v) is 8.00. The van der Waals surface area contributed by atoms with E-state index < -0.39 is 0 Å². The molecule has 0 radical (unpaired) electrons. The highest BCUT2D eigenvalue weighted by molar-refractivity contribution is 5.92. The van der Waals surface area contributed by atoms with Crippen LogP contribution in [0.1, 0.15) is 37.2 Å². The van der Waals surface area contributed by atoms with Gasteiger partial charge in [-0.2, -0.15) is 0 Å². The molecule has 0 saturated carbocycles. The molecule has 2 unspecified atom stereocenters. The standard InChI is InChI=1S/C21H33N5O4/c1-17-15-26(16-18(2)30-17)20(27)4-9-25(21(28)19-14-22-5-6-23-19)8-3-7-24-10-12-29-13-11-24/h5-6,14,17-18H,3-4,7-13,15-16H2,1-2H3. The molecule has 2 saturated heterocycles. The summed E-state index contributed by atoms with van der Waals surface area (Å²) in [5, 5.41) is 0. The first-order chi connectivity index (χ1) is 14.5. The number of ether oxygens (including phenoxy) is 2. The molecule has 2 aliphatic rings.